The average molecular weight is 558 g/mol. The van der Waals surface area contributed by atoms with Crippen molar-refractivity contribution in [3.05, 3.63) is 17.8 Å². The second-order valence-corrected chi connectivity index (χ2v) is 11.1. The number of aliphatic carboxylic acids is 1. The van der Waals surface area contributed by atoms with Gasteiger partial charge in [-0.25, -0.2) is 22.9 Å². The molecular weight excluding hydrogens is 514 g/mol. The fourth-order valence-electron chi connectivity index (χ4n) is 3.79. The maximum atomic E-state index is 12.4. The molecule has 0 unspecified atom stereocenters. The molecule has 3 N–H and O–H groups in total. The van der Waals surface area contributed by atoms with Gasteiger partial charge in [-0.15, -0.1) is 0 Å². The number of carboxylic acids is 1. The van der Waals surface area contributed by atoms with Crippen molar-refractivity contribution in [3.63, 3.8) is 0 Å². The van der Waals surface area contributed by atoms with Crippen LogP contribution in [0, 0.1) is 0 Å². The minimum absolute atomic E-state index is 0.104. The molecular formula is C26H43N3O8S. The van der Waals surface area contributed by atoms with Gasteiger partial charge in [0.25, 0.3) is 11.8 Å². The molecule has 0 saturated carbocycles. The lowest BCUT2D eigenvalue weighted by Gasteiger charge is -2.11. The number of unbranched alkanes of at least 4 members (excludes halogenated alkanes) is 13. The smallest absolute Gasteiger partial charge is 0.414 e. The molecule has 38 heavy (non-hydrogen) atoms. The summed E-state index contributed by atoms with van der Waals surface area (Å²) in [4.78, 5) is 38.3. The Morgan fingerprint density at radius 3 is 1.92 bits per heavy atom. The Kier molecular flexibility index (Phi) is 16.8. The number of sulfonamides is 1. The van der Waals surface area contributed by atoms with Gasteiger partial charge < -0.3 is 19.9 Å². The Labute approximate surface area is 226 Å². The largest absolute Gasteiger partial charge is 0.491 e. The van der Waals surface area contributed by atoms with Gasteiger partial charge in [0.1, 0.15) is 6.54 Å². The summed E-state index contributed by atoms with van der Waals surface area (Å²) >= 11 is 0. The number of hydrogen-bond acceptors (Lipinski definition) is 8. The van der Waals surface area contributed by atoms with E-state index >= 15 is 0 Å². The highest BCUT2D eigenvalue weighted by atomic mass is 32.2. The molecule has 0 bridgehead atoms. The Balaban J connectivity index is 2.30. The maximum absolute atomic E-state index is 12.4. The third-order valence-corrected chi connectivity index (χ3v) is 7.21. The van der Waals surface area contributed by atoms with Crippen LogP contribution < -0.4 is 19.5 Å². The van der Waals surface area contributed by atoms with Crippen LogP contribution in [0.1, 0.15) is 107 Å². The zero-order valence-electron chi connectivity index (χ0n) is 22.6. The van der Waals surface area contributed by atoms with Crippen LogP contribution in [0.25, 0.3) is 0 Å². The van der Waals surface area contributed by atoms with Crippen molar-refractivity contribution in [3.8, 4) is 11.6 Å². The number of carboxylic acid groups (broad SMARTS) is 1. The molecule has 0 aliphatic carbocycles. The first kappa shape index (κ1) is 33.1. The number of amides is 2. The fraction of sp³-hybridized carbons (Fsp3) is 0.692. The summed E-state index contributed by atoms with van der Waals surface area (Å²) in [6.45, 7) is 1.58. The number of methoxy groups -OCH3 is 1. The molecule has 1 aromatic heterocycles. The third-order valence-electron chi connectivity index (χ3n) is 5.89. The van der Waals surface area contributed by atoms with E-state index in [1.165, 1.54) is 71.0 Å². The number of nitrogens with one attached hydrogen (secondary N) is 2. The van der Waals surface area contributed by atoms with Gasteiger partial charge >= 0.3 is 12.1 Å². The van der Waals surface area contributed by atoms with Crippen LogP contribution in [0.4, 0.5) is 4.79 Å². The van der Waals surface area contributed by atoms with E-state index in [4.69, 9.17) is 14.6 Å². The first-order valence-corrected chi connectivity index (χ1v) is 15.1. The molecule has 0 aromatic carbocycles. The van der Waals surface area contributed by atoms with Crippen molar-refractivity contribution in [2.45, 2.75) is 96.8 Å². The first-order valence-electron chi connectivity index (χ1n) is 13.4. The predicted octanol–water partition coefficient (Wildman–Crippen LogP) is 4.80. The van der Waals surface area contributed by atoms with Gasteiger partial charge in [0.2, 0.25) is 10.0 Å². The highest BCUT2D eigenvalue weighted by Gasteiger charge is 2.19. The van der Waals surface area contributed by atoms with E-state index in [1.807, 2.05) is 10.0 Å². The number of hydrogen-bond donors (Lipinski definition) is 3. The standard InChI is InChI=1S/C26H43N3O8S/c1-3-4-5-6-7-8-9-10-11-12-13-14-15-16-17-38(34,35)29-24(32)21-18-22(36-2)25(27-19-21)37-26(33)28-20-23(30)31/h18-19H,3-17,20H2,1-2H3,(H,28,33)(H,29,32)(H,30,31). The van der Waals surface area contributed by atoms with Crippen molar-refractivity contribution in [2.24, 2.45) is 0 Å². The molecule has 2 amide bonds. The molecule has 0 aliphatic heterocycles. The lowest BCUT2D eigenvalue weighted by atomic mass is 10.0. The zero-order valence-corrected chi connectivity index (χ0v) is 23.4. The van der Waals surface area contributed by atoms with E-state index in [1.54, 1.807) is 0 Å². The minimum atomic E-state index is -3.83. The van der Waals surface area contributed by atoms with Crippen LogP contribution in [0.15, 0.2) is 12.3 Å². The number of nitrogens with zero attached hydrogens (tertiary/aromatic N) is 1. The van der Waals surface area contributed by atoms with Crippen molar-refractivity contribution in [1.82, 2.24) is 15.0 Å². The third kappa shape index (κ3) is 15.4. The summed E-state index contributed by atoms with van der Waals surface area (Å²) in [7, 11) is -2.59. The molecule has 216 valence electrons. The summed E-state index contributed by atoms with van der Waals surface area (Å²) in [6, 6.07) is 1.17. The second kappa shape index (κ2) is 19.2. The quantitative estimate of drug-likeness (QED) is 0.180. The van der Waals surface area contributed by atoms with Crippen LogP contribution >= 0.6 is 0 Å². The number of carbonyl (C=O) groups is 3. The lowest BCUT2D eigenvalue weighted by Crippen LogP contribution is -2.33. The van der Waals surface area contributed by atoms with Crippen LogP contribution in [-0.2, 0) is 14.8 Å². The van der Waals surface area contributed by atoms with Gasteiger partial charge in [-0.1, -0.05) is 90.4 Å². The number of aromatic nitrogens is 1. The molecule has 1 aromatic rings. The Morgan fingerprint density at radius 2 is 1.42 bits per heavy atom. The zero-order chi connectivity index (χ0) is 28.2. The number of ether oxygens (including phenoxy) is 2. The van der Waals surface area contributed by atoms with E-state index in [0.717, 1.165) is 31.9 Å². The lowest BCUT2D eigenvalue weighted by molar-refractivity contribution is -0.135. The molecule has 11 nitrogen and oxygen atoms in total. The van der Waals surface area contributed by atoms with Gasteiger partial charge in [0, 0.05) is 12.3 Å². The van der Waals surface area contributed by atoms with Gasteiger partial charge in [-0.3, -0.25) is 9.59 Å². The van der Waals surface area contributed by atoms with Crippen LogP contribution in [-0.4, -0.2) is 55.9 Å². The summed E-state index contributed by atoms with van der Waals surface area (Å²) < 4.78 is 36.5. The van der Waals surface area contributed by atoms with Gasteiger partial charge in [-0.2, -0.15) is 0 Å². The first-order chi connectivity index (χ1) is 18.2. The Bertz CT molecular complexity index is 969. The summed E-state index contributed by atoms with van der Waals surface area (Å²) in [5, 5.41) is 10.6. The van der Waals surface area contributed by atoms with E-state index in [9.17, 15) is 22.8 Å². The normalized spacial score (nSPS) is 11.1. The minimum Gasteiger partial charge on any atom is -0.491 e. The number of pyridine rings is 1. The van der Waals surface area contributed by atoms with Crippen LogP contribution in [0.3, 0.4) is 0 Å². The van der Waals surface area contributed by atoms with E-state index in [2.05, 4.69) is 11.9 Å². The van der Waals surface area contributed by atoms with Gasteiger partial charge in [0.05, 0.1) is 18.4 Å². The highest BCUT2D eigenvalue weighted by Crippen LogP contribution is 2.25. The molecule has 0 atom stereocenters. The molecule has 1 heterocycles. The van der Waals surface area contributed by atoms with Crippen molar-refractivity contribution < 1.29 is 37.4 Å². The predicted molar refractivity (Wildman–Crippen MR) is 144 cm³/mol. The molecule has 1 rings (SSSR count). The number of rotatable bonds is 21. The summed E-state index contributed by atoms with van der Waals surface area (Å²) in [5.41, 5.74) is -0.107. The Hall–Kier alpha value is -2.89. The summed E-state index contributed by atoms with van der Waals surface area (Å²) in [5.74, 6) is -2.72. The molecule has 0 saturated heterocycles. The molecule has 0 fully saturated rings. The fourth-order valence-corrected chi connectivity index (χ4v) is 4.88. The molecule has 0 spiro atoms. The topological polar surface area (TPSA) is 161 Å². The van der Waals surface area contributed by atoms with Crippen molar-refractivity contribution >= 4 is 28.0 Å². The summed E-state index contributed by atoms with van der Waals surface area (Å²) in [6.07, 6.45) is 16.1. The molecule has 12 heteroatoms. The number of carbonyl (C=O) groups excluding carboxylic acids is 2. The van der Waals surface area contributed by atoms with E-state index < -0.39 is 34.5 Å². The molecule has 0 aliphatic rings. The van der Waals surface area contributed by atoms with Crippen LogP contribution in [0.5, 0.6) is 11.6 Å². The van der Waals surface area contributed by atoms with Crippen molar-refractivity contribution in [2.75, 3.05) is 19.4 Å². The average Bonchev–Trinajstić information content (AvgIpc) is 2.87. The second-order valence-electron chi connectivity index (χ2n) is 9.21. The van der Waals surface area contributed by atoms with Gasteiger partial charge in [0.15, 0.2) is 5.75 Å². The molecule has 0 radical (unpaired) electrons. The Morgan fingerprint density at radius 1 is 0.895 bits per heavy atom. The SMILES string of the molecule is CCCCCCCCCCCCCCCCS(=O)(=O)NC(=O)c1cnc(OC(=O)NCC(=O)O)c(OC)c1. The van der Waals surface area contributed by atoms with Gasteiger partial charge in [-0.05, 0) is 6.42 Å². The highest BCUT2D eigenvalue weighted by molar-refractivity contribution is 7.90. The van der Waals surface area contributed by atoms with E-state index in [-0.39, 0.29) is 22.9 Å². The monoisotopic (exact) mass is 557 g/mol. The van der Waals surface area contributed by atoms with Crippen LogP contribution in [0.2, 0.25) is 0 Å². The van der Waals surface area contributed by atoms with Crippen molar-refractivity contribution in [1.29, 1.82) is 0 Å². The maximum Gasteiger partial charge on any atom is 0.414 e. The van der Waals surface area contributed by atoms with E-state index in [0.29, 0.717) is 6.42 Å².